The molecule has 2 aliphatic heterocycles. The average molecular weight is 691 g/mol. The number of benzene rings is 2. The Morgan fingerprint density at radius 1 is 1.06 bits per heavy atom. The fourth-order valence-electron chi connectivity index (χ4n) is 5.83. The Kier molecular flexibility index (Phi) is 12.9. The van der Waals surface area contributed by atoms with Crippen molar-refractivity contribution in [1.29, 1.82) is 0 Å². The molecule has 5 amide bonds. The predicted octanol–water partition coefficient (Wildman–Crippen LogP) is 4.00. The Bertz CT molecular complexity index is 1480. The average Bonchev–Trinajstić information content (AvgIpc) is 3.24. The zero-order chi connectivity index (χ0) is 34.1. The number of hydrogen-bond acceptors (Lipinski definition) is 7. The number of carbonyl (C=O) groups is 4. The highest BCUT2D eigenvalue weighted by atomic mass is 35.5. The molecule has 0 atom stereocenters. The fourth-order valence-corrected chi connectivity index (χ4v) is 6.23. The minimum absolute atomic E-state index is 0.0470. The van der Waals surface area contributed by atoms with Crippen molar-refractivity contribution in [3.63, 3.8) is 0 Å². The van der Waals surface area contributed by atoms with E-state index < -0.39 is 11.9 Å². The summed E-state index contributed by atoms with van der Waals surface area (Å²) < 4.78 is 15.9. The summed E-state index contributed by atoms with van der Waals surface area (Å²) >= 11 is 12.8. The number of hydrogen-bond donors (Lipinski definition) is 1. The molecule has 0 spiro atoms. The van der Waals surface area contributed by atoms with Gasteiger partial charge in [0, 0.05) is 64.4 Å². The van der Waals surface area contributed by atoms with Gasteiger partial charge in [-0.3, -0.25) is 14.4 Å². The van der Waals surface area contributed by atoms with Gasteiger partial charge in [0.05, 0.1) is 42.0 Å². The van der Waals surface area contributed by atoms with Crippen LogP contribution in [0.1, 0.15) is 24.0 Å². The first-order valence-corrected chi connectivity index (χ1v) is 16.0. The second kappa shape index (κ2) is 16.8. The molecule has 47 heavy (non-hydrogen) atoms. The van der Waals surface area contributed by atoms with E-state index in [0.29, 0.717) is 50.9 Å². The van der Waals surface area contributed by atoms with Gasteiger partial charge in [-0.1, -0.05) is 35.3 Å². The molecule has 0 radical (unpaired) electrons. The highest BCUT2D eigenvalue weighted by molar-refractivity contribution is 6.44. The zero-order valence-corrected chi connectivity index (χ0v) is 28.6. The van der Waals surface area contributed by atoms with E-state index in [-0.39, 0.29) is 53.4 Å². The zero-order valence-electron chi connectivity index (χ0n) is 27.0. The highest BCUT2D eigenvalue weighted by Gasteiger charge is 2.32. The van der Waals surface area contributed by atoms with Crippen molar-refractivity contribution in [2.24, 2.45) is 0 Å². The number of urea groups is 1. The fraction of sp³-hybridized carbons (Fsp3) is 0.455. The maximum absolute atomic E-state index is 13.8. The molecule has 0 bridgehead atoms. The third-order valence-corrected chi connectivity index (χ3v) is 9.32. The van der Waals surface area contributed by atoms with E-state index in [1.807, 2.05) is 23.1 Å². The standard InChI is InChI=1S/C33H41Cl2N5O7/c1-37(24(19-45-2)20-46-3)32(43)27(26-6-5-7-28(34)31(26)35)17-38(21-41)18-30(42)39-13-11-23(12-14-39)40-15-10-22-16-25(47-4)8-9-29(22)36-33(40)44/h5-9,16-17,21,23-24H,10-15,18-20H2,1-4H3,(H,36,44)/b27-17-. The van der Waals surface area contributed by atoms with Crippen molar-refractivity contribution >= 4 is 58.7 Å². The number of anilines is 1. The minimum atomic E-state index is -0.468. The molecule has 4 rings (SSSR count). The van der Waals surface area contributed by atoms with Gasteiger partial charge in [-0.15, -0.1) is 0 Å². The lowest BCUT2D eigenvalue weighted by Crippen LogP contribution is -2.51. The SMILES string of the molecule is COCC(COC)N(C)C(=O)/C(=C\N(C=O)CC(=O)N1CCC(N2CCc3cc(OC)ccc3NC2=O)CC1)c1cccc(Cl)c1Cl. The Hall–Kier alpha value is -3.84. The lowest BCUT2D eigenvalue weighted by molar-refractivity contribution is -0.135. The molecule has 254 valence electrons. The molecule has 0 saturated carbocycles. The van der Waals surface area contributed by atoms with Crippen LogP contribution in [0.4, 0.5) is 10.5 Å². The largest absolute Gasteiger partial charge is 0.497 e. The second-order valence-corrected chi connectivity index (χ2v) is 12.2. The summed E-state index contributed by atoms with van der Waals surface area (Å²) in [6, 6.07) is 9.80. The normalized spacial score (nSPS) is 15.6. The van der Waals surface area contributed by atoms with Crippen molar-refractivity contribution < 1.29 is 33.4 Å². The number of nitrogens with zero attached hydrogens (tertiary/aromatic N) is 4. The van der Waals surface area contributed by atoms with Crippen LogP contribution in [0.5, 0.6) is 5.75 Å². The van der Waals surface area contributed by atoms with E-state index in [1.165, 1.54) is 25.3 Å². The van der Waals surface area contributed by atoms with E-state index in [0.717, 1.165) is 21.9 Å². The monoisotopic (exact) mass is 689 g/mol. The number of carbonyl (C=O) groups excluding carboxylic acids is 4. The Morgan fingerprint density at radius 2 is 1.77 bits per heavy atom. The number of fused-ring (bicyclic) bond motifs is 1. The summed E-state index contributed by atoms with van der Waals surface area (Å²) in [7, 11) is 6.25. The molecule has 2 heterocycles. The van der Waals surface area contributed by atoms with Crippen LogP contribution in [0, 0.1) is 0 Å². The lowest BCUT2D eigenvalue weighted by Gasteiger charge is -2.38. The Morgan fingerprint density at radius 3 is 2.40 bits per heavy atom. The van der Waals surface area contributed by atoms with Gasteiger partial charge < -0.3 is 39.1 Å². The molecule has 14 heteroatoms. The van der Waals surface area contributed by atoms with Crippen LogP contribution < -0.4 is 10.1 Å². The van der Waals surface area contributed by atoms with Gasteiger partial charge in [-0.2, -0.15) is 0 Å². The van der Waals surface area contributed by atoms with Crippen molar-refractivity contribution in [3.8, 4) is 5.75 Å². The molecule has 0 unspecified atom stereocenters. The van der Waals surface area contributed by atoms with E-state index in [2.05, 4.69) is 5.32 Å². The number of ether oxygens (including phenoxy) is 3. The third kappa shape index (κ3) is 8.75. The number of amides is 5. The van der Waals surface area contributed by atoms with Gasteiger partial charge >= 0.3 is 6.03 Å². The van der Waals surface area contributed by atoms with Gasteiger partial charge in [-0.05, 0) is 49.1 Å². The van der Waals surface area contributed by atoms with Gasteiger partial charge in [0.15, 0.2) is 0 Å². The van der Waals surface area contributed by atoms with E-state index >= 15 is 0 Å². The van der Waals surface area contributed by atoms with Crippen LogP contribution in [0.15, 0.2) is 42.6 Å². The number of likely N-dealkylation sites (tertiary alicyclic amines) is 1. The molecule has 1 N–H and O–H groups in total. The number of rotatable bonds is 13. The van der Waals surface area contributed by atoms with Crippen molar-refractivity contribution in [2.45, 2.75) is 31.3 Å². The van der Waals surface area contributed by atoms with Gasteiger partial charge in [0.2, 0.25) is 12.3 Å². The molecule has 1 saturated heterocycles. The first-order chi connectivity index (χ1) is 22.6. The summed E-state index contributed by atoms with van der Waals surface area (Å²) in [5, 5.41) is 3.37. The molecule has 1 fully saturated rings. The molecule has 2 aliphatic rings. The summed E-state index contributed by atoms with van der Waals surface area (Å²) in [6.07, 6.45) is 3.66. The molecule has 2 aromatic carbocycles. The van der Waals surface area contributed by atoms with Gasteiger partial charge in [0.25, 0.3) is 5.91 Å². The maximum Gasteiger partial charge on any atom is 0.322 e. The lowest BCUT2D eigenvalue weighted by atomic mass is 10.0. The quantitative estimate of drug-likeness (QED) is 0.249. The smallest absolute Gasteiger partial charge is 0.322 e. The highest BCUT2D eigenvalue weighted by Crippen LogP contribution is 2.32. The van der Waals surface area contributed by atoms with Crippen LogP contribution >= 0.6 is 23.2 Å². The first-order valence-electron chi connectivity index (χ1n) is 15.3. The maximum atomic E-state index is 13.8. The van der Waals surface area contributed by atoms with Crippen LogP contribution in [0.2, 0.25) is 10.0 Å². The van der Waals surface area contributed by atoms with Gasteiger partial charge in [-0.25, -0.2) is 4.79 Å². The predicted molar refractivity (Wildman–Crippen MR) is 180 cm³/mol. The van der Waals surface area contributed by atoms with Crippen molar-refractivity contribution in [3.05, 3.63) is 63.8 Å². The summed E-state index contributed by atoms with van der Waals surface area (Å²) in [6.45, 7) is 1.48. The summed E-state index contributed by atoms with van der Waals surface area (Å²) in [5.74, 6) is -0.0247. The number of nitrogens with one attached hydrogen (secondary N) is 1. The van der Waals surface area contributed by atoms with Crippen LogP contribution in [0.25, 0.3) is 5.57 Å². The minimum Gasteiger partial charge on any atom is -0.497 e. The first kappa shape index (κ1) is 36.0. The van der Waals surface area contributed by atoms with Crippen molar-refractivity contribution in [2.75, 3.05) is 73.1 Å². The van der Waals surface area contributed by atoms with E-state index in [4.69, 9.17) is 37.4 Å². The van der Waals surface area contributed by atoms with Gasteiger partial charge in [0.1, 0.15) is 12.3 Å². The molecule has 12 nitrogen and oxygen atoms in total. The molecule has 0 aliphatic carbocycles. The number of likely N-dealkylation sites (N-methyl/N-ethyl adjacent to an activating group) is 1. The van der Waals surface area contributed by atoms with E-state index in [1.54, 1.807) is 37.3 Å². The Labute approximate surface area is 285 Å². The number of halogens is 2. The molecule has 0 aromatic heterocycles. The summed E-state index contributed by atoms with van der Waals surface area (Å²) in [4.78, 5) is 58.7. The molecular weight excluding hydrogens is 649 g/mol. The molecular formula is C33H41Cl2N5O7. The van der Waals surface area contributed by atoms with Crippen LogP contribution in [-0.4, -0.2) is 124 Å². The number of piperidine rings is 1. The van der Waals surface area contributed by atoms with Crippen LogP contribution in [-0.2, 0) is 30.3 Å². The second-order valence-electron chi connectivity index (χ2n) is 11.4. The Balaban J connectivity index is 1.46. The molecule has 2 aromatic rings. The topological polar surface area (TPSA) is 121 Å². The summed E-state index contributed by atoms with van der Waals surface area (Å²) in [5.41, 5.74) is 2.15. The van der Waals surface area contributed by atoms with Crippen molar-refractivity contribution in [1.82, 2.24) is 19.6 Å². The van der Waals surface area contributed by atoms with Crippen LogP contribution in [0.3, 0.4) is 0 Å². The third-order valence-electron chi connectivity index (χ3n) is 8.50. The number of methoxy groups -OCH3 is 3. The van der Waals surface area contributed by atoms with E-state index in [9.17, 15) is 19.2 Å².